The van der Waals surface area contributed by atoms with Crippen LogP contribution in [0.5, 0.6) is 0 Å². The highest BCUT2D eigenvalue weighted by molar-refractivity contribution is 4.62. The minimum absolute atomic E-state index is 0.843. The summed E-state index contributed by atoms with van der Waals surface area (Å²) in [6.07, 6.45) is 43.7. The number of nitrogens with one attached hydrogen (secondary N) is 1. The fraction of sp³-hybridized carbons (Fsp3) is 1.00. The Morgan fingerprint density at radius 2 is 0.513 bits per heavy atom. The van der Waals surface area contributed by atoms with E-state index in [9.17, 15) is 0 Å². The van der Waals surface area contributed by atoms with E-state index >= 15 is 0 Å². The normalized spacial score (nSPS) is 13.2. The van der Waals surface area contributed by atoms with Gasteiger partial charge in [-0.1, -0.05) is 207 Å². The number of rotatable bonds is 34. The van der Waals surface area contributed by atoms with Crippen LogP contribution in [0.3, 0.4) is 0 Å². The van der Waals surface area contributed by atoms with Crippen LogP contribution in [0.25, 0.3) is 0 Å². The second-order valence-electron chi connectivity index (χ2n) is 13.6. The molecule has 2 atom stereocenters. The Kier molecular flexibility index (Phi) is 34.1. The summed E-state index contributed by atoms with van der Waals surface area (Å²) in [6, 6.07) is 0. The number of hydrogen-bond acceptors (Lipinski definition) is 1. The lowest BCUT2D eigenvalue weighted by atomic mass is 9.99. The summed E-state index contributed by atoms with van der Waals surface area (Å²) in [7, 11) is 0. The molecule has 1 nitrogen and oxygen atoms in total. The van der Waals surface area contributed by atoms with Gasteiger partial charge in [-0.25, -0.2) is 0 Å². The molecule has 0 spiro atoms. The summed E-state index contributed by atoms with van der Waals surface area (Å²) in [5.74, 6) is 1.69. The van der Waals surface area contributed by atoms with Gasteiger partial charge in [0.1, 0.15) is 0 Å². The van der Waals surface area contributed by atoms with Crippen molar-refractivity contribution in [3.8, 4) is 0 Å². The van der Waals surface area contributed by atoms with Crippen LogP contribution in [-0.2, 0) is 0 Å². The molecule has 0 saturated carbocycles. The van der Waals surface area contributed by atoms with Crippen LogP contribution in [0.15, 0.2) is 0 Å². The second kappa shape index (κ2) is 34.2. The molecule has 0 heterocycles. The number of hydrogen-bond donors (Lipinski definition) is 1. The molecule has 0 fully saturated rings. The molecule has 0 amide bonds. The Morgan fingerprint density at radius 3 is 0.744 bits per heavy atom. The maximum absolute atomic E-state index is 3.78. The molecular formula is C38H79N. The highest BCUT2D eigenvalue weighted by Crippen LogP contribution is 2.16. The maximum atomic E-state index is 3.78. The van der Waals surface area contributed by atoms with Gasteiger partial charge in [0.15, 0.2) is 0 Å². The smallest absolute Gasteiger partial charge is 0.00230 e. The van der Waals surface area contributed by atoms with Gasteiger partial charge in [0.2, 0.25) is 0 Å². The molecule has 0 aromatic carbocycles. The summed E-state index contributed by atoms with van der Waals surface area (Å²) in [6.45, 7) is 12.0. The molecule has 0 saturated heterocycles. The van der Waals surface area contributed by atoms with Gasteiger partial charge in [0, 0.05) is 0 Å². The standard InChI is InChI=1S/C38H79N/c1-5-7-9-11-13-15-17-19-21-23-25-27-29-31-33-37(3)35-39-36-38(4)34-32-30-28-26-24-22-20-18-16-14-12-10-8-6-2/h37-39H,5-36H2,1-4H3. The van der Waals surface area contributed by atoms with Crippen LogP contribution >= 0.6 is 0 Å². The monoisotopic (exact) mass is 550 g/mol. The molecule has 0 aromatic heterocycles. The Bertz CT molecular complexity index is 381. The zero-order valence-electron chi connectivity index (χ0n) is 28.3. The second-order valence-corrected chi connectivity index (χ2v) is 13.6. The van der Waals surface area contributed by atoms with Gasteiger partial charge in [-0.05, 0) is 37.8 Å². The van der Waals surface area contributed by atoms with E-state index in [4.69, 9.17) is 0 Å². The molecule has 0 aromatic rings. The van der Waals surface area contributed by atoms with Crippen LogP contribution in [-0.4, -0.2) is 13.1 Å². The van der Waals surface area contributed by atoms with E-state index in [-0.39, 0.29) is 0 Å². The molecule has 0 aliphatic heterocycles. The average molecular weight is 550 g/mol. The number of unbranched alkanes of at least 4 members (excludes halogenated alkanes) is 26. The van der Waals surface area contributed by atoms with E-state index in [0.29, 0.717) is 0 Å². The molecule has 0 aliphatic carbocycles. The van der Waals surface area contributed by atoms with Gasteiger partial charge in [-0.2, -0.15) is 0 Å². The van der Waals surface area contributed by atoms with Crippen LogP contribution in [0.1, 0.15) is 220 Å². The van der Waals surface area contributed by atoms with Gasteiger partial charge in [-0.15, -0.1) is 0 Å². The fourth-order valence-corrected chi connectivity index (χ4v) is 6.15. The topological polar surface area (TPSA) is 12.0 Å². The quantitative estimate of drug-likeness (QED) is 0.0787. The van der Waals surface area contributed by atoms with Crippen molar-refractivity contribution in [2.24, 2.45) is 11.8 Å². The Hall–Kier alpha value is -0.0400. The molecule has 1 heteroatoms. The van der Waals surface area contributed by atoms with E-state index in [0.717, 1.165) is 11.8 Å². The largest absolute Gasteiger partial charge is 0.316 e. The fourth-order valence-electron chi connectivity index (χ4n) is 6.15. The van der Waals surface area contributed by atoms with E-state index < -0.39 is 0 Å². The summed E-state index contributed by atoms with van der Waals surface area (Å²) < 4.78 is 0. The lowest BCUT2D eigenvalue weighted by Gasteiger charge is -2.16. The lowest BCUT2D eigenvalue weighted by molar-refractivity contribution is 0.405. The van der Waals surface area contributed by atoms with Crippen molar-refractivity contribution in [3.05, 3.63) is 0 Å². The summed E-state index contributed by atoms with van der Waals surface area (Å²) in [5, 5.41) is 3.78. The SMILES string of the molecule is CCCCCCCCCCCCCCCCC(C)CNCC(C)CCCCCCCCCCCCCCCC. The predicted octanol–water partition coefficient (Wildman–Crippen LogP) is 13.6. The molecule has 236 valence electrons. The lowest BCUT2D eigenvalue weighted by Crippen LogP contribution is -2.26. The van der Waals surface area contributed by atoms with Crippen LogP contribution in [0.2, 0.25) is 0 Å². The van der Waals surface area contributed by atoms with Gasteiger partial charge < -0.3 is 5.32 Å². The first-order valence-electron chi connectivity index (χ1n) is 18.9. The molecule has 0 rings (SSSR count). The first-order valence-corrected chi connectivity index (χ1v) is 18.9. The molecule has 1 N–H and O–H groups in total. The van der Waals surface area contributed by atoms with Gasteiger partial charge in [0.05, 0.1) is 0 Å². The van der Waals surface area contributed by atoms with Crippen LogP contribution in [0.4, 0.5) is 0 Å². The van der Waals surface area contributed by atoms with Crippen molar-refractivity contribution in [1.29, 1.82) is 0 Å². The van der Waals surface area contributed by atoms with E-state index in [1.165, 1.54) is 206 Å². The van der Waals surface area contributed by atoms with Crippen molar-refractivity contribution in [3.63, 3.8) is 0 Å². The van der Waals surface area contributed by atoms with E-state index in [2.05, 4.69) is 33.0 Å². The molecule has 39 heavy (non-hydrogen) atoms. The van der Waals surface area contributed by atoms with Crippen LogP contribution in [0, 0.1) is 11.8 Å². The van der Waals surface area contributed by atoms with Crippen molar-refractivity contribution in [2.75, 3.05) is 13.1 Å². The van der Waals surface area contributed by atoms with Crippen LogP contribution < -0.4 is 5.32 Å². The third-order valence-corrected chi connectivity index (χ3v) is 9.09. The Morgan fingerprint density at radius 1 is 0.308 bits per heavy atom. The third-order valence-electron chi connectivity index (χ3n) is 9.09. The molecule has 0 aliphatic rings. The Labute approximate surface area is 250 Å². The maximum Gasteiger partial charge on any atom is -0.00230 e. The van der Waals surface area contributed by atoms with E-state index in [1.807, 2.05) is 0 Å². The third kappa shape index (κ3) is 34.1. The highest BCUT2D eigenvalue weighted by atomic mass is 14.9. The zero-order valence-corrected chi connectivity index (χ0v) is 28.3. The predicted molar refractivity (Wildman–Crippen MR) is 181 cm³/mol. The van der Waals surface area contributed by atoms with Crippen molar-refractivity contribution in [1.82, 2.24) is 5.32 Å². The van der Waals surface area contributed by atoms with Gasteiger partial charge in [-0.3, -0.25) is 0 Å². The molecular weight excluding hydrogens is 470 g/mol. The first-order chi connectivity index (χ1) is 19.2. The van der Waals surface area contributed by atoms with Crippen molar-refractivity contribution < 1.29 is 0 Å². The van der Waals surface area contributed by atoms with Crippen molar-refractivity contribution in [2.45, 2.75) is 220 Å². The first kappa shape index (κ1) is 39.0. The summed E-state index contributed by atoms with van der Waals surface area (Å²) in [4.78, 5) is 0. The molecule has 2 unspecified atom stereocenters. The van der Waals surface area contributed by atoms with E-state index in [1.54, 1.807) is 0 Å². The molecule has 0 radical (unpaired) electrons. The van der Waals surface area contributed by atoms with Gasteiger partial charge >= 0.3 is 0 Å². The highest BCUT2D eigenvalue weighted by Gasteiger charge is 2.05. The minimum Gasteiger partial charge on any atom is -0.316 e. The minimum atomic E-state index is 0.843. The molecule has 0 bridgehead atoms. The summed E-state index contributed by atoms with van der Waals surface area (Å²) >= 11 is 0. The summed E-state index contributed by atoms with van der Waals surface area (Å²) in [5.41, 5.74) is 0. The Balaban J connectivity index is 3.26. The van der Waals surface area contributed by atoms with Crippen molar-refractivity contribution >= 4 is 0 Å². The van der Waals surface area contributed by atoms with Gasteiger partial charge in [0.25, 0.3) is 0 Å². The zero-order chi connectivity index (χ0) is 28.5. The average Bonchev–Trinajstić information content (AvgIpc) is 2.93.